The molecule has 5 nitrogen and oxygen atoms in total. The highest BCUT2D eigenvalue weighted by molar-refractivity contribution is 5.41. The number of fused-ring (bicyclic) bond motifs is 1. The fourth-order valence-corrected chi connectivity index (χ4v) is 2.48. The van der Waals surface area contributed by atoms with E-state index in [1.165, 1.54) is 5.56 Å². The van der Waals surface area contributed by atoms with E-state index < -0.39 is 0 Å². The Bertz CT molecular complexity index is 539. The Balaban J connectivity index is 1.97. The smallest absolute Gasteiger partial charge is 0.125 e. The Labute approximate surface area is 107 Å². The molecule has 2 aromatic rings. The predicted molar refractivity (Wildman–Crippen MR) is 70.8 cm³/mol. The summed E-state index contributed by atoms with van der Waals surface area (Å²) in [4.78, 5) is 0. The number of anilines is 1. The van der Waals surface area contributed by atoms with E-state index in [0.29, 0.717) is 6.04 Å². The minimum atomic E-state index is 0.321. The molecule has 0 saturated heterocycles. The van der Waals surface area contributed by atoms with Gasteiger partial charge in [0.25, 0.3) is 0 Å². The van der Waals surface area contributed by atoms with E-state index in [9.17, 15) is 0 Å². The van der Waals surface area contributed by atoms with Crippen molar-refractivity contribution in [2.24, 2.45) is 0 Å². The Kier molecular flexibility index (Phi) is 2.81. The summed E-state index contributed by atoms with van der Waals surface area (Å²) in [5, 5.41) is 12.5. The molecule has 3 rings (SSSR count). The topological polar surface area (TPSA) is 47.7 Å². The number of aromatic nitrogens is 4. The molecule has 0 bridgehead atoms. The second-order valence-corrected chi connectivity index (χ2v) is 4.68. The van der Waals surface area contributed by atoms with Crippen LogP contribution in [0.5, 0.6) is 0 Å². The molecule has 2 aromatic heterocycles. The van der Waals surface area contributed by atoms with Crippen LogP contribution in [0.4, 0.5) is 5.82 Å². The van der Waals surface area contributed by atoms with Crippen molar-refractivity contribution < 1.29 is 0 Å². The molecule has 1 N–H and O–H groups in total. The summed E-state index contributed by atoms with van der Waals surface area (Å²) in [6.07, 6.45) is 6.14. The molecule has 1 atom stereocenters. The molecule has 1 aliphatic rings. The van der Waals surface area contributed by atoms with Crippen LogP contribution >= 0.6 is 0 Å². The third-order valence-electron chi connectivity index (χ3n) is 3.53. The lowest BCUT2D eigenvalue weighted by Crippen LogP contribution is -2.24. The summed E-state index contributed by atoms with van der Waals surface area (Å²) in [5.41, 5.74) is 2.40. The van der Waals surface area contributed by atoms with Crippen LogP contribution in [0.25, 0.3) is 0 Å². The normalized spacial score (nSPS) is 18.4. The maximum absolute atomic E-state index is 4.68. The van der Waals surface area contributed by atoms with Gasteiger partial charge in [-0.1, -0.05) is 6.92 Å². The highest BCUT2D eigenvalue weighted by Crippen LogP contribution is 2.29. The van der Waals surface area contributed by atoms with Crippen molar-refractivity contribution in [2.75, 3.05) is 11.9 Å². The molecule has 96 valence electrons. The monoisotopic (exact) mass is 245 g/mol. The molecule has 0 saturated carbocycles. The van der Waals surface area contributed by atoms with Gasteiger partial charge in [-0.05, 0) is 19.8 Å². The van der Waals surface area contributed by atoms with Crippen LogP contribution in [0.15, 0.2) is 18.5 Å². The summed E-state index contributed by atoms with van der Waals surface area (Å²) in [6, 6.07) is 2.47. The van der Waals surface area contributed by atoms with E-state index in [4.69, 9.17) is 0 Å². The van der Waals surface area contributed by atoms with Crippen LogP contribution in [0, 0.1) is 0 Å². The van der Waals surface area contributed by atoms with Crippen molar-refractivity contribution in [1.82, 2.24) is 19.6 Å². The van der Waals surface area contributed by atoms with Gasteiger partial charge in [-0.3, -0.25) is 4.68 Å². The van der Waals surface area contributed by atoms with Crippen molar-refractivity contribution in [1.29, 1.82) is 0 Å². The Morgan fingerprint density at radius 1 is 1.44 bits per heavy atom. The molecule has 5 heteroatoms. The molecule has 0 radical (unpaired) electrons. The highest BCUT2D eigenvalue weighted by Gasteiger charge is 2.23. The number of aryl methyl sites for hydroxylation is 2. The quantitative estimate of drug-likeness (QED) is 0.900. The lowest BCUT2D eigenvalue weighted by molar-refractivity contribution is 0.478. The molecule has 3 heterocycles. The Hall–Kier alpha value is -1.78. The number of hydrogen-bond acceptors (Lipinski definition) is 3. The lowest BCUT2D eigenvalue weighted by atomic mass is 10.1. The third-order valence-corrected chi connectivity index (χ3v) is 3.53. The van der Waals surface area contributed by atoms with Crippen LogP contribution in [-0.4, -0.2) is 26.1 Å². The van der Waals surface area contributed by atoms with Crippen LogP contribution in [-0.2, 0) is 13.0 Å². The van der Waals surface area contributed by atoms with Crippen LogP contribution in [0.1, 0.15) is 37.6 Å². The second kappa shape index (κ2) is 4.48. The zero-order valence-corrected chi connectivity index (χ0v) is 10.9. The van der Waals surface area contributed by atoms with Gasteiger partial charge in [-0.15, -0.1) is 0 Å². The SMILES string of the molecule is CCc1cc2n(n1)C(c1cnn(CC)c1)CCN2. The highest BCUT2D eigenvalue weighted by atomic mass is 15.4. The fraction of sp³-hybridized carbons (Fsp3) is 0.538. The number of nitrogens with zero attached hydrogens (tertiary/aromatic N) is 4. The molecule has 1 unspecified atom stereocenters. The first-order valence-electron chi connectivity index (χ1n) is 6.66. The van der Waals surface area contributed by atoms with Crippen molar-refractivity contribution in [2.45, 2.75) is 39.3 Å². The zero-order valence-electron chi connectivity index (χ0n) is 10.9. The first kappa shape index (κ1) is 11.3. The van der Waals surface area contributed by atoms with E-state index in [1.54, 1.807) is 0 Å². The second-order valence-electron chi connectivity index (χ2n) is 4.68. The first-order valence-corrected chi connectivity index (χ1v) is 6.66. The van der Waals surface area contributed by atoms with E-state index >= 15 is 0 Å². The third kappa shape index (κ3) is 1.79. The van der Waals surface area contributed by atoms with Gasteiger partial charge in [-0.2, -0.15) is 10.2 Å². The Morgan fingerprint density at radius 3 is 3.06 bits per heavy atom. The summed E-state index contributed by atoms with van der Waals surface area (Å²) >= 11 is 0. The first-order chi connectivity index (χ1) is 8.81. The average molecular weight is 245 g/mol. The lowest BCUT2D eigenvalue weighted by Gasteiger charge is -2.24. The van der Waals surface area contributed by atoms with Crippen LogP contribution in [0.3, 0.4) is 0 Å². The number of hydrogen-bond donors (Lipinski definition) is 1. The van der Waals surface area contributed by atoms with Crippen LogP contribution in [0.2, 0.25) is 0 Å². The summed E-state index contributed by atoms with van der Waals surface area (Å²) in [7, 11) is 0. The van der Waals surface area contributed by atoms with Crippen molar-refractivity contribution in [3.05, 3.63) is 29.7 Å². The maximum Gasteiger partial charge on any atom is 0.125 e. The molecule has 0 amide bonds. The van der Waals surface area contributed by atoms with E-state index in [1.807, 2.05) is 10.9 Å². The van der Waals surface area contributed by atoms with Gasteiger partial charge >= 0.3 is 0 Å². The molecular weight excluding hydrogens is 226 g/mol. The summed E-state index contributed by atoms with van der Waals surface area (Å²) in [5.74, 6) is 1.13. The molecule has 0 spiro atoms. The van der Waals surface area contributed by atoms with Crippen LogP contribution < -0.4 is 5.32 Å². The van der Waals surface area contributed by atoms with E-state index in [2.05, 4.69) is 46.3 Å². The maximum atomic E-state index is 4.68. The van der Waals surface area contributed by atoms with E-state index in [-0.39, 0.29) is 0 Å². The van der Waals surface area contributed by atoms with E-state index in [0.717, 1.165) is 37.4 Å². The van der Waals surface area contributed by atoms with Crippen molar-refractivity contribution >= 4 is 5.82 Å². The standard InChI is InChI=1S/C13H19N5/c1-3-11-7-13-14-6-5-12(18(13)16-11)10-8-15-17(4-2)9-10/h7-9,12,14H,3-6H2,1-2H3. The minimum Gasteiger partial charge on any atom is -0.370 e. The molecule has 1 aliphatic heterocycles. The van der Waals surface area contributed by atoms with Gasteiger partial charge in [-0.25, -0.2) is 4.68 Å². The average Bonchev–Trinajstić information content (AvgIpc) is 3.04. The summed E-state index contributed by atoms with van der Waals surface area (Å²) < 4.78 is 4.08. The molecule has 0 aromatic carbocycles. The molecule has 0 fully saturated rings. The van der Waals surface area contributed by atoms with Gasteiger partial charge in [0.1, 0.15) is 5.82 Å². The molecular formula is C13H19N5. The Morgan fingerprint density at radius 2 is 2.33 bits per heavy atom. The minimum absolute atomic E-state index is 0.321. The van der Waals surface area contributed by atoms with Gasteiger partial charge in [0.05, 0.1) is 17.9 Å². The molecule has 18 heavy (non-hydrogen) atoms. The molecule has 0 aliphatic carbocycles. The number of nitrogens with one attached hydrogen (secondary N) is 1. The van der Waals surface area contributed by atoms with Gasteiger partial charge in [0.15, 0.2) is 0 Å². The van der Waals surface area contributed by atoms with Gasteiger partial charge in [0.2, 0.25) is 0 Å². The number of rotatable bonds is 3. The predicted octanol–water partition coefficient (Wildman–Crippen LogP) is 2.07. The summed E-state index contributed by atoms with van der Waals surface area (Å²) in [6.45, 7) is 6.15. The van der Waals surface area contributed by atoms with Crippen molar-refractivity contribution in [3.63, 3.8) is 0 Å². The zero-order chi connectivity index (χ0) is 12.5. The fourth-order valence-electron chi connectivity index (χ4n) is 2.48. The largest absolute Gasteiger partial charge is 0.370 e. The van der Waals surface area contributed by atoms with Gasteiger partial charge < -0.3 is 5.32 Å². The van der Waals surface area contributed by atoms with Crippen molar-refractivity contribution in [3.8, 4) is 0 Å². The van der Waals surface area contributed by atoms with Gasteiger partial charge in [0, 0.05) is 30.9 Å².